The minimum atomic E-state index is -0.225. The van der Waals surface area contributed by atoms with Gasteiger partial charge in [0, 0.05) is 5.02 Å². The molecule has 0 aromatic heterocycles. The average molecular weight is 267 g/mol. The van der Waals surface area contributed by atoms with E-state index in [-0.39, 0.29) is 12.1 Å². The molecule has 1 fully saturated rings. The van der Waals surface area contributed by atoms with Crippen LogP contribution in [0.4, 0.5) is 0 Å². The van der Waals surface area contributed by atoms with Crippen LogP contribution in [0.15, 0.2) is 24.3 Å². The van der Waals surface area contributed by atoms with Crippen molar-refractivity contribution in [2.24, 2.45) is 5.92 Å². The predicted octanol–water partition coefficient (Wildman–Crippen LogP) is 4.47. The van der Waals surface area contributed by atoms with Crippen molar-refractivity contribution in [3.63, 3.8) is 0 Å². The Hall–Kier alpha value is -1.02. The highest BCUT2D eigenvalue weighted by Crippen LogP contribution is 2.29. The lowest BCUT2D eigenvalue weighted by atomic mass is 9.85. The van der Waals surface area contributed by atoms with Crippen LogP contribution in [-0.2, 0) is 4.74 Å². The number of carbonyl (C=O) groups excluding carboxylic acids is 1. The average Bonchev–Trinajstić information content (AvgIpc) is 2.40. The summed E-state index contributed by atoms with van der Waals surface area (Å²) >= 11 is 5.80. The molecule has 0 bridgehead atoms. The summed E-state index contributed by atoms with van der Waals surface area (Å²) in [7, 11) is 0. The molecule has 0 radical (unpaired) electrons. The first-order valence-electron chi connectivity index (χ1n) is 6.67. The minimum absolute atomic E-state index is 0.0897. The molecule has 1 aromatic carbocycles. The zero-order chi connectivity index (χ0) is 13.0. The van der Waals surface area contributed by atoms with Gasteiger partial charge in [0.1, 0.15) is 6.10 Å². The maximum atomic E-state index is 12.0. The number of carbonyl (C=O) groups is 1. The number of ether oxygens (including phenoxy) is 1. The van der Waals surface area contributed by atoms with Crippen LogP contribution < -0.4 is 0 Å². The van der Waals surface area contributed by atoms with E-state index in [4.69, 9.17) is 16.3 Å². The molecule has 2 atom stereocenters. The molecule has 1 aromatic rings. The standard InChI is InChI=1S/C15H19ClO2/c1-2-11-5-3-4-6-14(11)18-15(17)12-7-9-13(16)10-8-12/h7-11,14H,2-6H2,1H3. The molecule has 0 spiro atoms. The lowest BCUT2D eigenvalue weighted by Gasteiger charge is -2.30. The number of esters is 1. The molecule has 18 heavy (non-hydrogen) atoms. The summed E-state index contributed by atoms with van der Waals surface area (Å²) in [6, 6.07) is 6.87. The second-order valence-electron chi connectivity index (χ2n) is 4.90. The Balaban J connectivity index is 1.99. The van der Waals surface area contributed by atoms with E-state index in [1.54, 1.807) is 24.3 Å². The fourth-order valence-corrected chi connectivity index (χ4v) is 2.71. The Morgan fingerprint density at radius 1 is 1.28 bits per heavy atom. The Kier molecular flexibility index (Phi) is 4.65. The summed E-state index contributed by atoms with van der Waals surface area (Å²) in [5.41, 5.74) is 0.583. The van der Waals surface area contributed by atoms with Gasteiger partial charge < -0.3 is 4.74 Å². The van der Waals surface area contributed by atoms with E-state index in [1.807, 2.05) is 0 Å². The molecular weight excluding hydrogens is 248 g/mol. The van der Waals surface area contributed by atoms with Crippen molar-refractivity contribution in [3.8, 4) is 0 Å². The molecule has 1 aliphatic carbocycles. The molecule has 0 saturated heterocycles. The zero-order valence-corrected chi connectivity index (χ0v) is 11.5. The summed E-state index contributed by atoms with van der Waals surface area (Å²) in [5, 5.41) is 0.635. The molecule has 0 amide bonds. The summed E-state index contributed by atoms with van der Waals surface area (Å²) < 4.78 is 5.64. The minimum Gasteiger partial charge on any atom is -0.458 e. The van der Waals surface area contributed by atoms with Crippen molar-refractivity contribution in [1.82, 2.24) is 0 Å². The maximum absolute atomic E-state index is 12.0. The van der Waals surface area contributed by atoms with E-state index in [9.17, 15) is 4.79 Å². The molecule has 0 heterocycles. The van der Waals surface area contributed by atoms with Crippen molar-refractivity contribution >= 4 is 17.6 Å². The highest BCUT2D eigenvalue weighted by molar-refractivity contribution is 6.30. The number of rotatable bonds is 3. The second kappa shape index (κ2) is 6.24. The van der Waals surface area contributed by atoms with Crippen molar-refractivity contribution in [2.75, 3.05) is 0 Å². The van der Waals surface area contributed by atoms with Gasteiger partial charge in [-0.05, 0) is 55.9 Å². The Bertz CT molecular complexity index is 399. The maximum Gasteiger partial charge on any atom is 0.338 e. The van der Waals surface area contributed by atoms with Gasteiger partial charge in [0.05, 0.1) is 5.56 Å². The Morgan fingerprint density at radius 3 is 2.61 bits per heavy atom. The molecular formula is C15H19ClO2. The van der Waals surface area contributed by atoms with Crippen LogP contribution in [0.5, 0.6) is 0 Å². The van der Waals surface area contributed by atoms with E-state index in [2.05, 4.69) is 6.92 Å². The van der Waals surface area contributed by atoms with Gasteiger partial charge in [-0.2, -0.15) is 0 Å². The van der Waals surface area contributed by atoms with E-state index in [1.165, 1.54) is 12.8 Å². The van der Waals surface area contributed by atoms with Gasteiger partial charge in [-0.25, -0.2) is 4.79 Å². The fourth-order valence-electron chi connectivity index (χ4n) is 2.59. The second-order valence-corrected chi connectivity index (χ2v) is 5.34. The first-order valence-corrected chi connectivity index (χ1v) is 7.05. The van der Waals surface area contributed by atoms with Gasteiger partial charge in [0.2, 0.25) is 0 Å². The topological polar surface area (TPSA) is 26.3 Å². The summed E-state index contributed by atoms with van der Waals surface area (Å²) in [6.45, 7) is 2.17. The van der Waals surface area contributed by atoms with Crippen LogP contribution in [0.2, 0.25) is 5.02 Å². The zero-order valence-electron chi connectivity index (χ0n) is 10.7. The van der Waals surface area contributed by atoms with Crippen LogP contribution in [0, 0.1) is 5.92 Å². The van der Waals surface area contributed by atoms with E-state index in [0.717, 1.165) is 19.3 Å². The van der Waals surface area contributed by atoms with E-state index in [0.29, 0.717) is 16.5 Å². The quantitative estimate of drug-likeness (QED) is 0.755. The van der Waals surface area contributed by atoms with Gasteiger partial charge in [-0.1, -0.05) is 24.9 Å². The van der Waals surface area contributed by atoms with Gasteiger partial charge in [-0.15, -0.1) is 0 Å². The largest absolute Gasteiger partial charge is 0.458 e. The monoisotopic (exact) mass is 266 g/mol. The number of hydrogen-bond acceptors (Lipinski definition) is 2. The first-order chi connectivity index (χ1) is 8.70. The van der Waals surface area contributed by atoms with Crippen molar-refractivity contribution in [2.45, 2.75) is 45.1 Å². The molecule has 1 aliphatic rings. The van der Waals surface area contributed by atoms with Crippen LogP contribution >= 0.6 is 11.6 Å². The molecule has 1 saturated carbocycles. The third kappa shape index (κ3) is 3.26. The molecule has 2 unspecified atom stereocenters. The Labute approximate surface area is 113 Å². The lowest BCUT2D eigenvalue weighted by molar-refractivity contribution is 0.000712. The van der Waals surface area contributed by atoms with Gasteiger partial charge in [0.15, 0.2) is 0 Å². The van der Waals surface area contributed by atoms with Crippen LogP contribution in [0.1, 0.15) is 49.4 Å². The van der Waals surface area contributed by atoms with Crippen molar-refractivity contribution < 1.29 is 9.53 Å². The van der Waals surface area contributed by atoms with Gasteiger partial charge >= 0.3 is 5.97 Å². The van der Waals surface area contributed by atoms with Gasteiger partial charge in [-0.3, -0.25) is 0 Å². The highest BCUT2D eigenvalue weighted by Gasteiger charge is 2.27. The summed E-state index contributed by atoms with van der Waals surface area (Å²) in [6.07, 6.45) is 5.76. The summed E-state index contributed by atoms with van der Waals surface area (Å²) in [4.78, 5) is 12.0. The van der Waals surface area contributed by atoms with Crippen molar-refractivity contribution in [3.05, 3.63) is 34.9 Å². The molecule has 98 valence electrons. The third-order valence-electron chi connectivity index (χ3n) is 3.70. The molecule has 2 rings (SSSR count). The fraction of sp³-hybridized carbons (Fsp3) is 0.533. The first kappa shape index (κ1) is 13.4. The lowest BCUT2D eigenvalue weighted by Crippen LogP contribution is -2.29. The molecule has 2 nitrogen and oxygen atoms in total. The summed E-state index contributed by atoms with van der Waals surface area (Å²) in [5.74, 6) is 0.298. The molecule has 0 aliphatic heterocycles. The predicted molar refractivity (Wildman–Crippen MR) is 72.9 cm³/mol. The molecule has 0 N–H and O–H groups in total. The highest BCUT2D eigenvalue weighted by atomic mass is 35.5. The number of halogens is 1. The van der Waals surface area contributed by atoms with Gasteiger partial charge in [0.25, 0.3) is 0 Å². The number of benzene rings is 1. The SMILES string of the molecule is CCC1CCCCC1OC(=O)c1ccc(Cl)cc1. The number of hydrogen-bond donors (Lipinski definition) is 0. The third-order valence-corrected chi connectivity index (χ3v) is 3.95. The van der Waals surface area contributed by atoms with Crippen LogP contribution in [0.25, 0.3) is 0 Å². The van der Waals surface area contributed by atoms with Crippen molar-refractivity contribution in [1.29, 1.82) is 0 Å². The van der Waals surface area contributed by atoms with E-state index < -0.39 is 0 Å². The Morgan fingerprint density at radius 2 is 1.94 bits per heavy atom. The van der Waals surface area contributed by atoms with E-state index >= 15 is 0 Å². The van der Waals surface area contributed by atoms with Crippen LogP contribution in [0.3, 0.4) is 0 Å². The smallest absolute Gasteiger partial charge is 0.338 e. The normalized spacial score (nSPS) is 23.7. The molecule has 3 heteroatoms. The van der Waals surface area contributed by atoms with Crippen LogP contribution in [-0.4, -0.2) is 12.1 Å².